The number of aryl methyl sites for hydroxylation is 1. The topological polar surface area (TPSA) is 21.3 Å². The highest BCUT2D eigenvalue weighted by Crippen LogP contribution is 2.43. The van der Waals surface area contributed by atoms with Gasteiger partial charge in [-0.15, -0.1) is 11.3 Å². The Labute approximate surface area is 120 Å². The molecule has 19 heavy (non-hydrogen) atoms. The van der Waals surface area contributed by atoms with E-state index in [-0.39, 0.29) is 5.60 Å². The summed E-state index contributed by atoms with van der Waals surface area (Å²) in [6.45, 7) is 5.43. The van der Waals surface area contributed by atoms with Gasteiger partial charge in [-0.1, -0.05) is 12.8 Å². The van der Waals surface area contributed by atoms with E-state index in [0.717, 1.165) is 6.54 Å². The van der Waals surface area contributed by atoms with E-state index in [1.807, 2.05) is 11.3 Å². The van der Waals surface area contributed by atoms with E-state index in [1.165, 1.54) is 48.3 Å². The van der Waals surface area contributed by atoms with E-state index in [9.17, 15) is 0 Å². The van der Waals surface area contributed by atoms with Gasteiger partial charge >= 0.3 is 0 Å². The van der Waals surface area contributed by atoms with Gasteiger partial charge in [0.2, 0.25) is 0 Å². The first kappa shape index (κ1) is 13.6. The summed E-state index contributed by atoms with van der Waals surface area (Å²) in [4.78, 5) is 2.83. The minimum absolute atomic E-state index is 0.273. The lowest BCUT2D eigenvalue weighted by molar-refractivity contribution is -0.0357. The van der Waals surface area contributed by atoms with E-state index in [4.69, 9.17) is 4.74 Å². The van der Waals surface area contributed by atoms with E-state index in [2.05, 4.69) is 31.3 Å². The van der Waals surface area contributed by atoms with Crippen LogP contribution in [0.15, 0.2) is 12.1 Å². The van der Waals surface area contributed by atoms with Crippen LogP contribution >= 0.6 is 11.3 Å². The first-order chi connectivity index (χ1) is 9.17. The zero-order chi connectivity index (χ0) is 13.3. The SMILES string of the molecule is Cc1ccc(C(C)NCC2CCC3(CCCC3)O2)s1. The smallest absolute Gasteiger partial charge is 0.0708 e. The van der Waals surface area contributed by atoms with Gasteiger partial charge in [0.1, 0.15) is 0 Å². The number of rotatable bonds is 4. The van der Waals surface area contributed by atoms with Crippen molar-refractivity contribution in [2.45, 2.75) is 70.1 Å². The fourth-order valence-corrected chi connectivity index (χ4v) is 4.43. The van der Waals surface area contributed by atoms with Crippen LogP contribution in [0.25, 0.3) is 0 Å². The normalized spacial score (nSPS) is 27.2. The summed E-state index contributed by atoms with van der Waals surface area (Å²) in [5, 5.41) is 3.65. The largest absolute Gasteiger partial charge is 0.370 e. The van der Waals surface area contributed by atoms with Crippen molar-refractivity contribution in [2.75, 3.05) is 6.54 Å². The molecule has 1 N–H and O–H groups in total. The zero-order valence-corrected chi connectivity index (χ0v) is 12.9. The summed E-state index contributed by atoms with van der Waals surface area (Å²) < 4.78 is 6.34. The third-order valence-electron chi connectivity index (χ3n) is 4.69. The van der Waals surface area contributed by atoms with Crippen molar-refractivity contribution in [3.8, 4) is 0 Å². The lowest BCUT2D eigenvalue weighted by Crippen LogP contribution is -2.32. The molecule has 3 rings (SSSR count). The fraction of sp³-hybridized carbons (Fsp3) is 0.750. The summed E-state index contributed by atoms with van der Waals surface area (Å²) in [6.07, 6.45) is 8.28. The molecule has 1 aromatic rings. The summed E-state index contributed by atoms with van der Waals surface area (Å²) in [5.74, 6) is 0. The Balaban J connectivity index is 1.48. The molecule has 1 aromatic heterocycles. The summed E-state index contributed by atoms with van der Waals surface area (Å²) in [6, 6.07) is 4.89. The molecule has 2 heterocycles. The molecule has 1 aliphatic carbocycles. The summed E-state index contributed by atoms with van der Waals surface area (Å²) in [5.41, 5.74) is 0.273. The standard InChI is InChI=1S/C16H25NOS/c1-12-5-6-15(19-12)13(2)17-11-14-7-10-16(18-14)8-3-4-9-16/h5-6,13-14,17H,3-4,7-11H2,1-2H3. The molecular formula is C16H25NOS. The molecule has 0 amide bonds. The lowest BCUT2D eigenvalue weighted by atomic mass is 9.98. The maximum Gasteiger partial charge on any atom is 0.0708 e. The molecule has 0 bridgehead atoms. The second-order valence-corrected chi connectivity index (χ2v) is 7.57. The fourth-order valence-electron chi connectivity index (χ4n) is 3.52. The Hall–Kier alpha value is -0.380. The second kappa shape index (κ2) is 5.55. The highest BCUT2D eigenvalue weighted by molar-refractivity contribution is 7.12. The number of thiophene rings is 1. The third kappa shape index (κ3) is 3.04. The maximum absolute atomic E-state index is 6.34. The van der Waals surface area contributed by atoms with Crippen LogP contribution in [0, 0.1) is 6.92 Å². The molecule has 0 radical (unpaired) electrons. The van der Waals surface area contributed by atoms with Crippen molar-refractivity contribution in [3.05, 3.63) is 21.9 Å². The molecule has 2 unspecified atom stereocenters. The predicted octanol–water partition coefficient (Wildman–Crippen LogP) is 4.20. The van der Waals surface area contributed by atoms with Gasteiger partial charge in [-0.25, -0.2) is 0 Å². The number of nitrogens with one attached hydrogen (secondary N) is 1. The Bertz CT molecular complexity index is 422. The molecule has 2 aliphatic rings. The van der Waals surface area contributed by atoms with Crippen molar-refractivity contribution >= 4 is 11.3 Å². The van der Waals surface area contributed by atoms with Gasteiger partial charge in [-0.2, -0.15) is 0 Å². The van der Waals surface area contributed by atoms with E-state index < -0.39 is 0 Å². The minimum Gasteiger partial charge on any atom is -0.370 e. The molecular weight excluding hydrogens is 254 g/mol. The molecule has 2 fully saturated rings. The van der Waals surface area contributed by atoms with Crippen molar-refractivity contribution < 1.29 is 4.74 Å². The third-order valence-corrected chi connectivity index (χ3v) is 5.88. The van der Waals surface area contributed by atoms with E-state index in [0.29, 0.717) is 12.1 Å². The molecule has 1 saturated heterocycles. The van der Waals surface area contributed by atoms with Crippen molar-refractivity contribution in [3.63, 3.8) is 0 Å². The molecule has 2 nitrogen and oxygen atoms in total. The molecule has 1 spiro atoms. The van der Waals surface area contributed by atoms with Gasteiger partial charge in [0.25, 0.3) is 0 Å². The molecule has 106 valence electrons. The lowest BCUT2D eigenvalue weighted by Gasteiger charge is -2.24. The number of ether oxygens (including phenoxy) is 1. The van der Waals surface area contributed by atoms with Crippen molar-refractivity contribution in [1.29, 1.82) is 0 Å². The Morgan fingerprint density at radius 2 is 2.16 bits per heavy atom. The monoisotopic (exact) mass is 279 g/mol. The van der Waals surface area contributed by atoms with E-state index in [1.54, 1.807) is 0 Å². The van der Waals surface area contributed by atoms with Gasteiger partial charge in [-0.05, 0) is 51.7 Å². The Kier molecular flexibility index (Phi) is 3.97. The van der Waals surface area contributed by atoms with Crippen LogP contribution in [0.4, 0.5) is 0 Å². The van der Waals surface area contributed by atoms with Crippen LogP contribution in [-0.2, 0) is 4.74 Å². The van der Waals surface area contributed by atoms with Crippen LogP contribution in [0.2, 0.25) is 0 Å². The van der Waals surface area contributed by atoms with Gasteiger partial charge in [0.15, 0.2) is 0 Å². The van der Waals surface area contributed by atoms with Gasteiger partial charge in [0, 0.05) is 22.3 Å². The minimum atomic E-state index is 0.273. The summed E-state index contributed by atoms with van der Waals surface area (Å²) >= 11 is 1.89. The quantitative estimate of drug-likeness (QED) is 0.892. The highest BCUT2D eigenvalue weighted by Gasteiger charge is 2.41. The number of hydrogen-bond acceptors (Lipinski definition) is 3. The molecule has 1 saturated carbocycles. The molecule has 3 heteroatoms. The predicted molar refractivity (Wildman–Crippen MR) is 80.8 cm³/mol. The van der Waals surface area contributed by atoms with Crippen LogP contribution in [0.1, 0.15) is 61.2 Å². The summed E-state index contributed by atoms with van der Waals surface area (Å²) in [7, 11) is 0. The van der Waals surface area contributed by atoms with Crippen LogP contribution in [-0.4, -0.2) is 18.2 Å². The van der Waals surface area contributed by atoms with E-state index >= 15 is 0 Å². The molecule has 1 aliphatic heterocycles. The first-order valence-electron chi connectivity index (χ1n) is 7.64. The van der Waals surface area contributed by atoms with Crippen molar-refractivity contribution in [2.24, 2.45) is 0 Å². The first-order valence-corrected chi connectivity index (χ1v) is 8.46. The maximum atomic E-state index is 6.34. The molecule has 0 aromatic carbocycles. The van der Waals surface area contributed by atoms with Gasteiger partial charge in [-0.3, -0.25) is 0 Å². The number of hydrogen-bond donors (Lipinski definition) is 1. The van der Waals surface area contributed by atoms with Gasteiger partial charge in [0.05, 0.1) is 11.7 Å². The van der Waals surface area contributed by atoms with Crippen LogP contribution in [0.3, 0.4) is 0 Å². The Morgan fingerprint density at radius 1 is 1.37 bits per heavy atom. The second-order valence-electron chi connectivity index (χ2n) is 6.25. The Morgan fingerprint density at radius 3 is 2.84 bits per heavy atom. The van der Waals surface area contributed by atoms with Crippen LogP contribution in [0.5, 0.6) is 0 Å². The highest BCUT2D eigenvalue weighted by atomic mass is 32.1. The molecule has 2 atom stereocenters. The average molecular weight is 279 g/mol. The average Bonchev–Trinajstić information content (AvgIpc) is 3.10. The van der Waals surface area contributed by atoms with Gasteiger partial charge < -0.3 is 10.1 Å². The zero-order valence-electron chi connectivity index (χ0n) is 12.1. The van der Waals surface area contributed by atoms with Crippen molar-refractivity contribution in [1.82, 2.24) is 5.32 Å². The van der Waals surface area contributed by atoms with Crippen LogP contribution < -0.4 is 5.32 Å².